The molecule has 1 heterocycles. The highest BCUT2D eigenvalue weighted by Gasteiger charge is 2.15. The first kappa shape index (κ1) is 9.59. The molecule has 0 aliphatic carbocycles. The number of nitrogens with zero attached hydrogens (tertiary/aromatic N) is 3. The molecule has 0 aromatic carbocycles. The van der Waals surface area contributed by atoms with E-state index in [4.69, 9.17) is 0 Å². The third kappa shape index (κ3) is 2.00. The maximum atomic E-state index is 10.8. The van der Waals surface area contributed by atoms with Crippen molar-refractivity contribution < 1.29 is 9.72 Å². The molecule has 0 N–H and O–H groups in total. The van der Waals surface area contributed by atoms with E-state index < -0.39 is 4.92 Å². The second-order valence-electron chi connectivity index (χ2n) is 2.32. The van der Waals surface area contributed by atoms with Gasteiger partial charge < -0.3 is 0 Å². The molecule has 1 aromatic heterocycles. The standard InChI is InChI=1S/C6H7N3O3S/c1-4(10)8(2)6-7-3-5(13-6)9(11)12/h3H,1-2H3. The third-order valence-electron chi connectivity index (χ3n) is 1.42. The molecule has 0 saturated carbocycles. The summed E-state index contributed by atoms with van der Waals surface area (Å²) in [4.78, 5) is 25.6. The molecule has 1 aromatic rings. The van der Waals surface area contributed by atoms with Gasteiger partial charge in [0, 0.05) is 14.0 Å². The molecule has 0 fully saturated rings. The SMILES string of the molecule is CC(=O)N(C)c1ncc([N+](=O)[O-])s1. The van der Waals surface area contributed by atoms with Crippen LogP contribution in [0, 0.1) is 10.1 Å². The van der Waals surface area contributed by atoms with Gasteiger partial charge in [-0.1, -0.05) is 0 Å². The number of nitro groups is 1. The van der Waals surface area contributed by atoms with Gasteiger partial charge >= 0.3 is 5.00 Å². The fraction of sp³-hybridized carbons (Fsp3) is 0.333. The van der Waals surface area contributed by atoms with E-state index in [0.717, 1.165) is 17.5 Å². The number of aromatic nitrogens is 1. The van der Waals surface area contributed by atoms with Crippen molar-refractivity contribution in [1.29, 1.82) is 0 Å². The molecular weight excluding hydrogens is 194 g/mol. The first-order valence-electron chi connectivity index (χ1n) is 3.37. The fourth-order valence-corrected chi connectivity index (χ4v) is 1.37. The lowest BCUT2D eigenvalue weighted by molar-refractivity contribution is -0.380. The molecular formula is C6H7N3O3S. The van der Waals surface area contributed by atoms with Crippen LogP contribution in [0.4, 0.5) is 10.1 Å². The first-order chi connectivity index (χ1) is 6.02. The molecule has 0 radical (unpaired) electrons. The first-order valence-corrected chi connectivity index (χ1v) is 4.18. The molecule has 7 heteroatoms. The molecule has 0 aliphatic heterocycles. The Balaban J connectivity index is 2.91. The van der Waals surface area contributed by atoms with E-state index in [1.807, 2.05) is 0 Å². The zero-order chi connectivity index (χ0) is 10.0. The summed E-state index contributed by atoms with van der Waals surface area (Å²) in [5.41, 5.74) is 0. The van der Waals surface area contributed by atoms with Crippen LogP contribution >= 0.6 is 11.3 Å². The van der Waals surface area contributed by atoms with E-state index in [9.17, 15) is 14.9 Å². The van der Waals surface area contributed by atoms with Gasteiger partial charge in [0.15, 0.2) is 5.13 Å². The normalized spacial score (nSPS) is 9.69. The second kappa shape index (κ2) is 3.48. The topological polar surface area (TPSA) is 76.3 Å². The number of thiazole rings is 1. The summed E-state index contributed by atoms with van der Waals surface area (Å²) in [6.07, 6.45) is 1.14. The Bertz CT molecular complexity index is 349. The lowest BCUT2D eigenvalue weighted by atomic mass is 10.6. The van der Waals surface area contributed by atoms with E-state index in [1.165, 1.54) is 18.9 Å². The number of hydrogen-bond acceptors (Lipinski definition) is 5. The van der Waals surface area contributed by atoms with Gasteiger partial charge in [-0.2, -0.15) is 0 Å². The summed E-state index contributed by atoms with van der Waals surface area (Å²) in [6.45, 7) is 1.37. The minimum absolute atomic E-state index is 0.0666. The van der Waals surface area contributed by atoms with Gasteiger partial charge in [-0.15, -0.1) is 0 Å². The van der Waals surface area contributed by atoms with E-state index in [2.05, 4.69) is 4.98 Å². The number of anilines is 1. The van der Waals surface area contributed by atoms with E-state index in [-0.39, 0.29) is 10.9 Å². The van der Waals surface area contributed by atoms with Gasteiger partial charge in [-0.05, 0) is 11.3 Å². The van der Waals surface area contributed by atoms with Crippen molar-refractivity contribution in [3.8, 4) is 0 Å². The highest BCUT2D eigenvalue weighted by atomic mass is 32.1. The maximum absolute atomic E-state index is 10.8. The smallest absolute Gasteiger partial charge is 0.291 e. The Labute approximate surface area is 78.0 Å². The molecule has 1 amide bonds. The molecule has 0 aliphatic rings. The quantitative estimate of drug-likeness (QED) is 0.529. The number of carbonyl (C=O) groups is 1. The number of rotatable bonds is 2. The van der Waals surface area contributed by atoms with Crippen LogP contribution in [0.3, 0.4) is 0 Å². The Morgan fingerprint density at radius 1 is 1.77 bits per heavy atom. The van der Waals surface area contributed by atoms with Crippen molar-refractivity contribution in [3.05, 3.63) is 16.3 Å². The number of carbonyl (C=O) groups excluding carboxylic acids is 1. The monoisotopic (exact) mass is 201 g/mol. The molecule has 0 unspecified atom stereocenters. The predicted molar refractivity (Wildman–Crippen MR) is 47.9 cm³/mol. The minimum Gasteiger partial charge on any atom is -0.291 e. The summed E-state index contributed by atoms with van der Waals surface area (Å²) < 4.78 is 0. The lowest BCUT2D eigenvalue weighted by Crippen LogP contribution is -2.22. The van der Waals surface area contributed by atoms with Crippen molar-refractivity contribution in [2.45, 2.75) is 6.92 Å². The molecule has 0 atom stereocenters. The van der Waals surface area contributed by atoms with Gasteiger partial charge in [0.1, 0.15) is 6.20 Å². The summed E-state index contributed by atoms with van der Waals surface area (Å²) in [6, 6.07) is 0. The third-order valence-corrected chi connectivity index (χ3v) is 2.45. The van der Waals surface area contributed by atoms with Crippen LogP contribution in [-0.4, -0.2) is 22.9 Å². The van der Waals surface area contributed by atoms with Crippen molar-refractivity contribution in [1.82, 2.24) is 4.98 Å². The van der Waals surface area contributed by atoms with Crippen LogP contribution in [0.2, 0.25) is 0 Å². The van der Waals surface area contributed by atoms with Gasteiger partial charge in [0.05, 0.1) is 4.92 Å². The van der Waals surface area contributed by atoms with E-state index >= 15 is 0 Å². The number of hydrogen-bond donors (Lipinski definition) is 0. The Morgan fingerprint density at radius 3 is 2.77 bits per heavy atom. The minimum atomic E-state index is -0.533. The van der Waals surface area contributed by atoms with Crippen molar-refractivity contribution >= 4 is 27.4 Å². The predicted octanol–water partition coefficient (Wildman–Crippen LogP) is 1.03. The van der Waals surface area contributed by atoms with E-state index in [1.54, 1.807) is 0 Å². The lowest BCUT2D eigenvalue weighted by Gasteiger charge is -2.08. The molecule has 6 nitrogen and oxygen atoms in total. The van der Waals surface area contributed by atoms with Crippen LogP contribution in [0.25, 0.3) is 0 Å². The van der Waals surface area contributed by atoms with Crippen LogP contribution < -0.4 is 4.90 Å². The van der Waals surface area contributed by atoms with Gasteiger partial charge in [0.2, 0.25) is 5.91 Å². The average Bonchev–Trinajstić information content (AvgIpc) is 2.50. The Morgan fingerprint density at radius 2 is 2.38 bits per heavy atom. The highest BCUT2D eigenvalue weighted by Crippen LogP contribution is 2.27. The highest BCUT2D eigenvalue weighted by molar-refractivity contribution is 7.18. The zero-order valence-corrected chi connectivity index (χ0v) is 7.87. The summed E-state index contributed by atoms with van der Waals surface area (Å²) in [5.74, 6) is -0.204. The summed E-state index contributed by atoms with van der Waals surface area (Å²) >= 11 is 0.872. The van der Waals surface area contributed by atoms with Crippen LogP contribution in [0.1, 0.15) is 6.92 Å². The summed E-state index contributed by atoms with van der Waals surface area (Å²) in [7, 11) is 1.52. The van der Waals surface area contributed by atoms with Gasteiger partial charge in [-0.25, -0.2) is 4.98 Å². The zero-order valence-electron chi connectivity index (χ0n) is 7.05. The Kier molecular flexibility index (Phi) is 2.57. The molecule has 1 rings (SSSR count). The van der Waals surface area contributed by atoms with Crippen LogP contribution in [0.5, 0.6) is 0 Å². The van der Waals surface area contributed by atoms with E-state index in [0.29, 0.717) is 5.13 Å². The molecule has 0 bridgehead atoms. The second-order valence-corrected chi connectivity index (χ2v) is 3.30. The summed E-state index contributed by atoms with van der Waals surface area (Å²) in [5, 5.41) is 10.5. The number of amides is 1. The fourth-order valence-electron chi connectivity index (χ4n) is 0.631. The van der Waals surface area contributed by atoms with Crippen molar-refractivity contribution in [2.75, 3.05) is 11.9 Å². The maximum Gasteiger partial charge on any atom is 0.345 e. The molecule has 13 heavy (non-hydrogen) atoms. The Hall–Kier alpha value is -1.50. The average molecular weight is 201 g/mol. The largest absolute Gasteiger partial charge is 0.345 e. The van der Waals surface area contributed by atoms with Gasteiger partial charge in [0.25, 0.3) is 0 Å². The van der Waals surface area contributed by atoms with Crippen molar-refractivity contribution in [3.63, 3.8) is 0 Å². The molecule has 70 valence electrons. The van der Waals surface area contributed by atoms with Gasteiger partial charge in [-0.3, -0.25) is 19.8 Å². The molecule has 0 saturated heterocycles. The molecule has 0 spiro atoms. The van der Waals surface area contributed by atoms with Crippen LogP contribution in [0.15, 0.2) is 6.20 Å². The van der Waals surface area contributed by atoms with Crippen molar-refractivity contribution in [2.24, 2.45) is 0 Å². The van der Waals surface area contributed by atoms with Crippen LogP contribution in [-0.2, 0) is 4.79 Å².